The van der Waals surface area contributed by atoms with Crippen LogP contribution in [0.25, 0.3) is 10.9 Å². The molecule has 0 N–H and O–H groups in total. The molecule has 0 saturated heterocycles. The highest BCUT2D eigenvalue weighted by atomic mass is 35.5. The van der Waals surface area contributed by atoms with E-state index in [1.54, 1.807) is 42.5 Å². The van der Waals surface area contributed by atoms with Gasteiger partial charge in [-0.1, -0.05) is 35.3 Å². The van der Waals surface area contributed by atoms with Gasteiger partial charge in [-0.25, -0.2) is 9.59 Å². The van der Waals surface area contributed by atoms with Gasteiger partial charge in [0, 0.05) is 12.6 Å². The Morgan fingerprint density at radius 1 is 1.04 bits per heavy atom. The molecule has 5 nitrogen and oxygen atoms in total. The van der Waals surface area contributed by atoms with E-state index in [0.717, 1.165) is 0 Å². The second-order valence-electron chi connectivity index (χ2n) is 5.10. The number of para-hydroxylation sites is 1. The molecule has 0 spiro atoms. The van der Waals surface area contributed by atoms with E-state index in [-0.39, 0.29) is 0 Å². The highest BCUT2D eigenvalue weighted by Crippen LogP contribution is 2.26. The van der Waals surface area contributed by atoms with E-state index < -0.39 is 11.4 Å². The summed E-state index contributed by atoms with van der Waals surface area (Å²) in [5, 5.41) is 1.25. The minimum absolute atomic E-state index is 0.366. The number of aromatic nitrogens is 1. The van der Waals surface area contributed by atoms with Gasteiger partial charge in [0.05, 0.1) is 27.6 Å². The zero-order chi connectivity index (χ0) is 17.1. The molecule has 0 atom stereocenters. The molecule has 0 radical (unpaired) electrons. The molecule has 2 aromatic carbocycles. The van der Waals surface area contributed by atoms with Gasteiger partial charge in [0.25, 0.3) is 0 Å². The maximum Gasteiger partial charge on any atom is 0.422 e. The minimum atomic E-state index is -0.673. The fourth-order valence-corrected chi connectivity index (χ4v) is 2.65. The summed E-state index contributed by atoms with van der Waals surface area (Å²) in [5.41, 5.74) is -0.0767. The van der Waals surface area contributed by atoms with E-state index in [0.29, 0.717) is 46.3 Å². The number of rotatable bonds is 5. The molecule has 1 aromatic heterocycles. The molecular weight excluding hydrogens is 353 g/mol. The highest BCUT2D eigenvalue weighted by molar-refractivity contribution is 6.42. The van der Waals surface area contributed by atoms with E-state index in [2.05, 4.69) is 0 Å². The Morgan fingerprint density at radius 2 is 1.83 bits per heavy atom. The Balaban J connectivity index is 1.71. The van der Waals surface area contributed by atoms with E-state index in [1.807, 2.05) is 0 Å². The Hall–Kier alpha value is -2.24. The number of hydrogen-bond acceptors (Lipinski definition) is 4. The maximum atomic E-state index is 11.9. The molecule has 3 aromatic rings. The number of fused-ring (bicyclic) bond motifs is 1. The number of nitrogens with zero attached hydrogens (tertiary/aromatic N) is 1. The molecule has 3 rings (SSSR count). The summed E-state index contributed by atoms with van der Waals surface area (Å²) in [6.45, 7) is 0.738. The summed E-state index contributed by atoms with van der Waals surface area (Å²) in [5.74, 6) is -0.0746. The Morgan fingerprint density at radius 3 is 2.62 bits per heavy atom. The van der Waals surface area contributed by atoms with Crippen LogP contribution < -0.4 is 16.1 Å². The Kier molecular flexibility index (Phi) is 4.92. The molecule has 7 heteroatoms. The van der Waals surface area contributed by atoms with Crippen molar-refractivity contribution in [1.29, 1.82) is 0 Å². The molecular formula is C17H13Cl2NO4. The van der Waals surface area contributed by atoms with E-state index in [4.69, 9.17) is 32.4 Å². The number of halogens is 2. The van der Waals surface area contributed by atoms with Gasteiger partial charge in [0.15, 0.2) is 0 Å². The van der Waals surface area contributed by atoms with Gasteiger partial charge in [-0.05, 0) is 30.7 Å². The lowest BCUT2D eigenvalue weighted by molar-refractivity contribution is 0.296. The van der Waals surface area contributed by atoms with Crippen molar-refractivity contribution >= 4 is 34.1 Å². The molecule has 1 heterocycles. The Bertz CT molecular complexity index is 994. The van der Waals surface area contributed by atoms with Crippen molar-refractivity contribution in [3.05, 3.63) is 73.5 Å². The molecule has 0 bridgehead atoms. The van der Waals surface area contributed by atoms with Gasteiger partial charge in [0.1, 0.15) is 5.75 Å². The second kappa shape index (κ2) is 7.11. The van der Waals surface area contributed by atoms with Crippen LogP contribution in [0, 0.1) is 0 Å². The smallest absolute Gasteiger partial charge is 0.422 e. The summed E-state index contributed by atoms with van der Waals surface area (Å²) in [7, 11) is 0. The SMILES string of the molecule is O=c1oc(=O)n(CCCOc2ccc(Cl)c(Cl)c2)c2ccccc12. The van der Waals surface area contributed by atoms with Crippen LogP contribution in [0.5, 0.6) is 5.75 Å². The van der Waals surface area contributed by atoms with Gasteiger partial charge in [-0.3, -0.25) is 4.57 Å². The summed E-state index contributed by atoms with van der Waals surface area (Å²) in [6.07, 6.45) is 0.553. The van der Waals surface area contributed by atoms with Crippen LogP contribution >= 0.6 is 23.2 Å². The number of ether oxygens (including phenoxy) is 1. The third-order valence-corrected chi connectivity index (χ3v) is 4.24. The van der Waals surface area contributed by atoms with Crippen molar-refractivity contribution in [2.75, 3.05) is 6.61 Å². The van der Waals surface area contributed by atoms with Gasteiger partial charge >= 0.3 is 11.4 Å². The average Bonchev–Trinajstić information content (AvgIpc) is 2.57. The molecule has 0 aliphatic heterocycles. The van der Waals surface area contributed by atoms with E-state index in [9.17, 15) is 9.59 Å². The second-order valence-corrected chi connectivity index (χ2v) is 5.92. The van der Waals surface area contributed by atoms with Crippen molar-refractivity contribution in [3.63, 3.8) is 0 Å². The first-order valence-electron chi connectivity index (χ1n) is 7.27. The van der Waals surface area contributed by atoms with Crippen molar-refractivity contribution in [1.82, 2.24) is 4.57 Å². The number of hydrogen-bond donors (Lipinski definition) is 0. The largest absolute Gasteiger partial charge is 0.493 e. The van der Waals surface area contributed by atoms with Crippen molar-refractivity contribution in [2.24, 2.45) is 0 Å². The van der Waals surface area contributed by atoms with Crippen molar-refractivity contribution in [2.45, 2.75) is 13.0 Å². The van der Waals surface area contributed by atoms with Gasteiger partial charge in [0.2, 0.25) is 0 Å². The van der Waals surface area contributed by atoms with Crippen LogP contribution in [-0.2, 0) is 6.54 Å². The quantitative estimate of drug-likeness (QED) is 0.646. The fraction of sp³-hybridized carbons (Fsp3) is 0.176. The predicted molar refractivity (Wildman–Crippen MR) is 93.3 cm³/mol. The lowest BCUT2D eigenvalue weighted by atomic mass is 10.2. The van der Waals surface area contributed by atoms with Crippen molar-refractivity contribution in [3.8, 4) is 5.75 Å². The zero-order valence-corrected chi connectivity index (χ0v) is 14.0. The topological polar surface area (TPSA) is 61.4 Å². The molecule has 124 valence electrons. The fourth-order valence-electron chi connectivity index (χ4n) is 2.36. The molecule has 0 aliphatic carbocycles. The zero-order valence-electron chi connectivity index (χ0n) is 12.5. The summed E-state index contributed by atoms with van der Waals surface area (Å²) < 4.78 is 11.8. The van der Waals surface area contributed by atoms with Crippen LogP contribution in [0.3, 0.4) is 0 Å². The van der Waals surface area contributed by atoms with Crippen LogP contribution in [0.4, 0.5) is 0 Å². The van der Waals surface area contributed by atoms with E-state index >= 15 is 0 Å². The van der Waals surface area contributed by atoms with Crippen LogP contribution in [0.1, 0.15) is 6.42 Å². The highest BCUT2D eigenvalue weighted by Gasteiger charge is 2.08. The molecule has 0 aliphatic rings. The van der Waals surface area contributed by atoms with Gasteiger partial charge in [-0.2, -0.15) is 0 Å². The first kappa shape index (κ1) is 16.6. The summed E-state index contributed by atoms with van der Waals surface area (Å²) in [4.78, 5) is 23.6. The minimum Gasteiger partial charge on any atom is -0.493 e. The van der Waals surface area contributed by atoms with E-state index in [1.165, 1.54) is 4.57 Å². The van der Waals surface area contributed by atoms with Crippen LogP contribution in [0.15, 0.2) is 56.5 Å². The summed E-state index contributed by atoms with van der Waals surface area (Å²) in [6, 6.07) is 11.8. The van der Waals surface area contributed by atoms with Gasteiger partial charge in [-0.15, -0.1) is 0 Å². The lowest BCUT2D eigenvalue weighted by Crippen LogP contribution is -2.25. The average molecular weight is 366 g/mol. The third-order valence-electron chi connectivity index (χ3n) is 3.50. The first-order valence-corrected chi connectivity index (χ1v) is 8.02. The lowest BCUT2D eigenvalue weighted by Gasteiger charge is -2.10. The first-order chi connectivity index (χ1) is 11.6. The van der Waals surface area contributed by atoms with Crippen LogP contribution in [0.2, 0.25) is 10.0 Å². The monoisotopic (exact) mass is 365 g/mol. The van der Waals surface area contributed by atoms with Crippen molar-refractivity contribution < 1.29 is 9.15 Å². The molecule has 24 heavy (non-hydrogen) atoms. The Labute approximate surface area is 147 Å². The molecule has 0 unspecified atom stereocenters. The number of aryl methyl sites for hydroxylation is 1. The normalized spacial score (nSPS) is 10.9. The third kappa shape index (κ3) is 3.47. The molecule has 0 saturated carbocycles. The maximum absolute atomic E-state index is 11.9. The van der Waals surface area contributed by atoms with Crippen LogP contribution in [-0.4, -0.2) is 11.2 Å². The summed E-state index contributed by atoms with van der Waals surface area (Å²) >= 11 is 11.8. The van der Waals surface area contributed by atoms with Gasteiger partial charge < -0.3 is 9.15 Å². The molecule has 0 amide bonds. The standard InChI is InChI=1S/C17H13Cl2NO4/c18-13-7-6-11(10-14(13)19)23-9-3-8-20-15-5-2-1-4-12(15)16(21)24-17(20)22/h1-2,4-7,10H,3,8-9H2. The number of benzene rings is 2. The molecule has 0 fully saturated rings. The predicted octanol–water partition coefficient (Wildman–Crippen LogP) is 3.73.